The Bertz CT molecular complexity index is 828. The lowest BCUT2D eigenvalue weighted by Gasteiger charge is -2.10. The number of hydrogen-bond donors (Lipinski definition) is 0. The van der Waals surface area contributed by atoms with E-state index in [1.807, 2.05) is 0 Å². The molecule has 0 spiro atoms. The van der Waals surface area contributed by atoms with Gasteiger partial charge in [-0.05, 0) is 34.1 Å². The molecule has 0 aliphatic rings. The number of imidazole rings is 1. The number of benzene rings is 1. The molecule has 0 unspecified atom stereocenters. The zero-order chi connectivity index (χ0) is 15.1. The van der Waals surface area contributed by atoms with E-state index in [0.717, 1.165) is 4.47 Å². The number of hydrogen-bond acceptors (Lipinski definition) is 2. The van der Waals surface area contributed by atoms with E-state index in [0.29, 0.717) is 21.5 Å². The minimum Gasteiger partial charge on any atom is -0.274 e. The maximum Gasteiger partial charge on any atom is 0.164 e. The molecule has 8 heteroatoms. The molecule has 0 radical (unpaired) electrons. The van der Waals surface area contributed by atoms with Crippen molar-refractivity contribution in [3.63, 3.8) is 0 Å². The number of pyridine rings is 1. The van der Waals surface area contributed by atoms with Gasteiger partial charge in [-0.25, -0.2) is 18.7 Å². The van der Waals surface area contributed by atoms with Crippen molar-refractivity contribution in [1.29, 1.82) is 0 Å². The summed E-state index contributed by atoms with van der Waals surface area (Å²) in [6.45, 7) is 0. The molecule has 1 aromatic carbocycles. The van der Waals surface area contributed by atoms with Gasteiger partial charge in [-0.1, -0.05) is 15.9 Å². The van der Waals surface area contributed by atoms with E-state index in [9.17, 15) is 8.78 Å². The molecular weight excluding hydrogens is 431 g/mol. The van der Waals surface area contributed by atoms with Gasteiger partial charge in [0, 0.05) is 15.1 Å². The Balaban J connectivity index is 2.39. The fourth-order valence-electron chi connectivity index (χ4n) is 2.06. The largest absolute Gasteiger partial charge is 0.274 e. The maximum absolute atomic E-state index is 14.2. The molecule has 0 atom stereocenters. The number of aromatic nitrogens is 3. The van der Waals surface area contributed by atoms with Crippen LogP contribution in [0, 0.1) is 11.6 Å². The minimum absolute atomic E-state index is 0.00290. The number of rotatable bonds is 2. The van der Waals surface area contributed by atoms with E-state index in [-0.39, 0.29) is 11.6 Å². The van der Waals surface area contributed by atoms with E-state index < -0.39 is 11.6 Å². The van der Waals surface area contributed by atoms with Gasteiger partial charge in [0.05, 0.1) is 5.88 Å². The van der Waals surface area contributed by atoms with Crippen molar-refractivity contribution in [2.45, 2.75) is 5.88 Å². The van der Waals surface area contributed by atoms with Gasteiger partial charge >= 0.3 is 0 Å². The first kappa shape index (κ1) is 14.9. The van der Waals surface area contributed by atoms with Crippen molar-refractivity contribution in [3.05, 3.63) is 50.8 Å². The van der Waals surface area contributed by atoms with Gasteiger partial charge < -0.3 is 0 Å². The molecule has 21 heavy (non-hydrogen) atoms. The number of nitrogens with zero attached hydrogens (tertiary/aromatic N) is 3. The van der Waals surface area contributed by atoms with E-state index in [2.05, 4.69) is 41.8 Å². The van der Waals surface area contributed by atoms with Crippen molar-refractivity contribution >= 4 is 54.6 Å². The summed E-state index contributed by atoms with van der Waals surface area (Å²) >= 11 is 12.2. The summed E-state index contributed by atoms with van der Waals surface area (Å²) in [6.07, 6.45) is 1.53. The number of fused-ring (bicyclic) bond motifs is 1. The fraction of sp³-hybridized carbons (Fsp3) is 0.0769. The molecule has 0 aliphatic carbocycles. The average Bonchev–Trinajstić information content (AvgIpc) is 2.75. The van der Waals surface area contributed by atoms with Crippen LogP contribution in [0.4, 0.5) is 8.78 Å². The Labute approximate surface area is 140 Å². The number of alkyl halides is 1. The fourth-order valence-corrected chi connectivity index (χ4v) is 2.96. The van der Waals surface area contributed by atoms with Crippen molar-refractivity contribution in [1.82, 2.24) is 14.5 Å². The van der Waals surface area contributed by atoms with Gasteiger partial charge in [-0.3, -0.25) is 4.57 Å². The van der Waals surface area contributed by atoms with Crippen molar-refractivity contribution < 1.29 is 8.78 Å². The van der Waals surface area contributed by atoms with Crippen LogP contribution in [-0.2, 0) is 5.88 Å². The highest BCUT2D eigenvalue weighted by Gasteiger charge is 2.20. The highest BCUT2D eigenvalue weighted by atomic mass is 79.9. The van der Waals surface area contributed by atoms with Crippen LogP contribution in [0.3, 0.4) is 0 Å². The minimum atomic E-state index is -0.725. The maximum atomic E-state index is 14.2. The van der Waals surface area contributed by atoms with Crippen LogP contribution >= 0.6 is 43.5 Å². The molecule has 0 saturated carbocycles. The Morgan fingerprint density at radius 3 is 2.38 bits per heavy atom. The van der Waals surface area contributed by atoms with E-state index in [1.54, 1.807) is 6.07 Å². The van der Waals surface area contributed by atoms with Crippen LogP contribution in [0.1, 0.15) is 5.82 Å². The molecule has 0 amide bonds. The van der Waals surface area contributed by atoms with Crippen molar-refractivity contribution in [3.8, 4) is 5.69 Å². The van der Waals surface area contributed by atoms with Crippen LogP contribution in [0.15, 0.2) is 33.3 Å². The predicted molar refractivity (Wildman–Crippen MR) is 83.7 cm³/mol. The van der Waals surface area contributed by atoms with Crippen LogP contribution < -0.4 is 0 Å². The Morgan fingerprint density at radius 2 is 1.76 bits per heavy atom. The van der Waals surface area contributed by atoms with Gasteiger partial charge in [-0.15, -0.1) is 11.6 Å². The summed E-state index contributed by atoms with van der Waals surface area (Å²) in [5.41, 5.74) is 0.599. The van der Waals surface area contributed by atoms with E-state index in [1.165, 1.54) is 22.9 Å². The predicted octanol–water partition coefficient (Wildman–Crippen LogP) is 4.96. The van der Waals surface area contributed by atoms with Crippen LogP contribution in [-0.4, -0.2) is 14.5 Å². The summed E-state index contributed by atoms with van der Waals surface area (Å²) < 4.78 is 30.7. The monoisotopic (exact) mass is 435 g/mol. The molecule has 3 nitrogen and oxygen atoms in total. The quantitative estimate of drug-likeness (QED) is 0.531. The van der Waals surface area contributed by atoms with Gasteiger partial charge in [0.15, 0.2) is 17.3 Å². The summed E-state index contributed by atoms with van der Waals surface area (Å²) in [5.74, 6) is -1.13. The molecule has 2 aromatic heterocycles. The van der Waals surface area contributed by atoms with Gasteiger partial charge in [0.25, 0.3) is 0 Å². The summed E-state index contributed by atoms with van der Waals surface area (Å²) in [6, 6.07) is 4.08. The molecule has 3 rings (SSSR count). The second-order valence-electron chi connectivity index (χ2n) is 4.21. The smallest absolute Gasteiger partial charge is 0.164 e. The zero-order valence-electron chi connectivity index (χ0n) is 10.2. The molecule has 2 heterocycles. The summed E-state index contributed by atoms with van der Waals surface area (Å²) in [7, 11) is 0. The molecule has 0 aliphatic heterocycles. The van der Waals surface area contributed by atoms with Crippen LogP contribution in [0.5, 0.6) is 0 Å². The topological polar surface area (TPSA) is 30.7 Å². The third-order valence-electron chi connectivity index (χ3n) is 2.86. The van der Waals surface area contributed by atoms with Crippen LogP contribution in [0.25, 0.3) is 16.9 Å². The molecule has 108 valence electrons. The molecule has 3 aromatic rings. The van der Waals surface area contributed by atoms with E-state index >= 15 is 0 Å². The average molecular weight is 437 g/mol. The zero-order valence-corrected chi connectivity index (χ0v) is 14.2. The Kier molecular flexibility index (Phi) is 3.98. The normalized spacial score (nSPS) is 11.3. The summed E-state index contributed by atoms with van der Waals surface area (Å²) in [5, 5.41) is 0. The van der Waals surface area contributed by atoms with Crippen molar-refractivity contribution in [2.24, 2.45) is 0 Å². The van der Waals surface area contributed by atoms with Crippen LogP contribution in [0.2, 0.25) is 0 Å². The highest BCUT2D eigenvalue weighted by Crippen LogP contribution is 2.28. The third kappa shape index (κ3) is 2.58. The highest BCUT2D eigenvalue weighted by molar-refractivity contribution is 9.10. The molecule has 0 fully saturated rings. The second-order valence-corrected chi connectivity index (χ2v) is 6.31. The second kappa shape index (κ2) is 5.62. The lowest BCUT2D eigenvalue weighted by atomic mass is 10.3. The Morgan fingerprint density at radius 1 is 1.10 bits per heavy atom. The van der Waals surface area contributed by atoms with Gasteiger partial charge in [0.2, 0.25) is 0 Å². The number of halogens is 5. The SMILES string of the molecule is Fc1cc(Br)cc(F)c1-n1c(CCl)nc2cc(Br)cnc21. The van der Waals surface area contributed by atoms with Gasteiger partial charge in [0.1, 0.15) is 17.0 Å². The lowest BCUT2D eigenvalue weighted by molar-refractivity contribution is 0.567. The first-order valence-electron chi connectivity index (χ1n) is 5.75. The Hall–Kier alpha value is -1.05. The first-order valence-corrected chi connectivity index (χ1v) is 7.87. The molecule has 0 N–H and O–H groups in total. The lowest BCUT2D eigenvalue weighted by Crippen LogP contribution is -2.06. The van der Waals surface area contributed by atoms with Crippen molar-refractivity contribution in [2.75, 3.05) is 0 Å². The molecular formula is C13H6Br2ClF2N3. The molecule has 0 saturated heterocycles. The first-order chi connectivity index (χ1) is 10.0. The van der Waals surface area contributed by atoms with E-state index in [4.69, 9.17) is 11.6 Å². The van der Waals surface area contributed by atoms with Gasteiger partial charge in [-0.2, -0.15) is 0 Å². The molecule has 0 bridgehead atoms. The standard InChI is InChI=1S/C13H6Br2ClF2N3/c14-6-1-8(17)12(9(18)2-6)21-11(4-16)20-10-3-7(15)5-19-13(10)21/h1-3,5H,4H2. The summed E-state index contributed by atoms with van der Waals surface area (Å²) in [4.78, 5) is 8.45. The third-order valence-corrected chi connectivity index (χ3v) is 3.99.